The second kappa shape index (κ2) is 6.41. The Kier molecular flexibility index (Phi) is 5.13. The number of carbonyl (C=O) groups excluding carboxylic acids is 1. The zero-order chi connectivity index (χ0) is 11.1. The Morgan fingerprint density at radius 2 is 2.40 bits per heavy atom. The molecule has 1 heterocycles. The van der Waals surface area contributed by atoms with E-state index in [9.17, 15) is 4.79 Å². The molecule has 0 aromatic heterocycles. The van der Waals surface area contributed by atoms with E-state index in [4.69, 9.17) is 10.00 Å². The molecule has 0 bridgehead atoms. The summed E-state index contributed by atoms with van der Waals surface area (Å²) in [5.41, 5.74) is 0. The number of ether oxygens (including phenoxy) is 1. The maximum absolute atomic E-state index is 11.4. The summed E-state index contributed by atoms with van der Waals surface area (Å²) in [6.45, 7) is 4.88. The smallest absolute Gasteiger partial charge is 0.224 e. The Balaban J connectivity index is 2.12. The van der Waals surface area contributed by atoms with Gasteiger partial charge >= 0.3 is 0 Å². The van der Waals surface area contributed by atoms with Gasteiger partial charge in [-0.25, -0.2) is 0 Å². The van der Waals surface area contributed by atoms with Crippen LogP contribution >= 0.6 is 0 Å². The van der Waals surface area contributed by atoms with E-state index in [-0.39, 0.29) is 11.8 Å². The molecule has 1 atom stereocenters. The van der Waals surface area contributed by atoms with Gasteiger partial charge in [0.1, 0.15) is 0 Å². The lowest BCUT2D eigenvalue weighted by atomic mass is 10.1. The maximum atomic E-state index is 11.4. The molecule has 1 unspecified atom stereocenters. The van der Waals surface area contributed by atoms with Gasteiger partial charge < -0.3 is 9.64 Å². The van der Waals surface area contributed by atoms with Gasteiger partial charge in [0.05, 0.1) is 12.0 Å². The largest absolute Gasteiger partial charge is 0.381 e. The van der Waals surface area contributed by atoms with Crippen molar-refractivity contribution in [2.45, 2.75) is 26.2 Å². The van der Waals surface area contributed by atoms with Crippen LogP contribution in [0.15, 0.2) is 0 Å². The molecule has 84 valence electrons. The molecule has 0 radical (unpaired) electrons. The van der Waals surface area contributed by atoms with Gasteiger partial charge in [0.15, 0.2) is 0 Å². The van der Waals surface area contributed by atoms with Gasteiger partial charge in [-0.15, -0.1) is 0 Å². The molecular formula is C11H18N2O2. The minimum atomic E-state index is -0.103. The van der Waals surface area contributed by atoms with E-state index in [1.807, 2.05) is 0 Å². The van der Waals surface area contributed by atoms with Crippen molar-refractivity contribution in [2.24, 2.45) is 5.92 Å². The number of likely N-dealkylation sites (tertiary alicyclic amines) is 1. The van der Waals surface area contributed by atoms with Crippen LogP contribution in [0, 0.1) is 17.2 Å². The molecule has 0 spiro atoms. The lowest BCUT2D eigenvalue weighted by Gasteiger charge is -2.15. The average Bonchev–Trinajstić information content (AvgIpc) is 2.59. The Morgan fingerprint density at radius 3 is 3.00 bits per heavy atom. The fraction of sp³-hybridized carbons (Fsp3) is 0.818. The molecule has 1 aliphatic rings. The lowest BCUT2D eigenvalue weighted by molar-refractivity contribution is -0.127. The van der Waals surface area contributed by atoms with Crippen LogP contribution in [0.4, 0.5) is 0 Å². The predicted octanol–water partition coefficient (Wildman–Crippen LogP) is 1.18. The van der Waals surface area contributed by atoms with Crippen molar-refractivity contribution in [1.82, 2.24) is 4.90 Å². The van der Waals surface area contributed by atoms with E-state index in [1.165, 1.54) is 0 Å². The van der Waals surface area contributed by atoms with Crippen molar-refractivity contribution in [2.75, 3.05) is 26.3 Å². The molecular weight excluding hydrogens is 192 g/mol. The van der Waals surface area contributed by atoms with Crippen molar-refractivity contribution < 1.29 is 9.53 Å². The summed E-state index contributed by atoms with van der Waals surface area (Å²) in [5.74, 6) is 0.00565. The zero-order valence-corrected chi connectivity index (χ0v) is 9.24. The maximum Gasteiger partial charge on any atom is 0.224 e. The summed E-state index contributed by atoms with van der Waals surface area (Å²) in [7, 11) is 0. The number of hydrogen-bond acceptors (Lipinski definition) is 3. The molecule has 0 aromatic carbocycles. The quantitative estimate of drug-likeness (QED) is 0.618. The van der Waals surface area contributed by atoms with Crippen LogP contribution in [0.5, 0.6) is 0 Å². The predicted molar refractivity (Wildman–Crippen MR) is 56.0 cm³/mol. The van der Waals surface area contributed by atoms with Crippen molar-refractivity contribution in [3.05, 3.63) is 0 Å². The van der Waals surface area contributed by atoms with Gasteiger partial charge in [0, 0.05) is 32.7 Å². The van der Waals surface area contributed by atoms with Gasteiger partial charge in [0.2, 0.25) is 5.91 Å². The third-order valence-corrected chi connectivity index (χ3v) is 2.46. The molecule has 1 amide bonds. The molecule has 0 aliphatic carbocycles. The molecule has 1 saturated heterocycles. The molecule has 0 aromatic rings. The van der Waals surface area contributed by atoms with Crippen molar-refractivity contribution >= 4 is 5.91 Å². The Morgan fingerprint density at radius 1 is 1.60 bits per heavy atom. The number of hydrogen-bond donors (Lipinski definition) is 0. The second-order valence-electron chi connectivity index (χ2n) is 3.84. The van der Waals surface area contributed by atoms with Crippen molar-refractivity contribution in [1.29, 1.82) is 5.26 Å². The van der Waals surface area contributed by atoms with Gasteiger partial charge in [0.25, 0.3) is 0 Å². The first-order valence-corrected chi connectivity index (χ1v) is 5.53. The highest BCUT2D eigenvalue weighted by Crippen LogP contribution is 2.16. The molecule has 4 nitrogen and oxygen atoms in total. The Bertz CT molecular complexity index is 247. The van der Waals surface area contributed by atoms with Crippen LogP contribution < -0.4 is 0 Å². The van der Waals surface area contributed by atoms with Crippen LogP contribution in [0.3, 0.4) is 0 Å². The minimum Gasteiger partial charge on any atom is -0.381 e. The van der Waals surface area contributed by atoms with E-state index in [0.29, 0.717) is 19.6 Å². The van der Waals surface area contributed by atoms with Crippen LogP contribution in [-0.4, -0.2) is 37.1 Å². The Hall–Kier alpha value is -1.08. The fourth-order valence-electron chi connectivity index (χ4n) is 1.68. The molecule has 0 N–H and O–H groups in total. The van der Waals surface area contributed by atoms with Crippen molar-refractivity contribution in [3.8, 4) is 6.07 Å². The van der Waals surface area contributed by atoms with Crippen LogP contribution in [0.25, 0.3) is 0 Å². The summed E-state index contributed by atoms with van der Waals surface area (Å²) < 4.78 is 5.33. The molecule has 0 saturated carbocycles. The summed E-state index contributed by atoms with van der Waals surface area (Å²) in [6, 6.07) is 2.14. The van der Waals surface area contributed by atoms with Crippen LogP contribution in [-0.2, 0) is 9.53 Å². The first kappa shape index (κ1) is 12.0. The zero-order valence-electron chi connectivity index (χ0n) is 9.24. The topological polar surface area (TPSA) is 53.3 Å². The molecule has 4 heteroatoms. The summed E-state index contributed by atoms with van der Waals surface area (Å²) in [5, 5.41) is 8.69. The number of amides is 1. The lowest BCUT2D eigenvalue weighted by Crippen LogP contribution is -2.27. The van der Waals surface area contributed by atoms with E-state index >= 15 is 0 Å². The SMILES string of the molecule is CCCOCCCN1CC(C#N)CC1=O. The standard InChI is InChI=1S/C11H18N2O2/c1-2-5-15-6-3-4-13-9-10(8-12)7-11(13)14/h10H,2-7,9H2,1H3. The number of rotatable bonds is 6. The average molecular weight is 210 g/mol. The first-order chi connectivity index (χ1) is 7.27. The van der Waals surface area contributed by atoms with E-state index in [2.05, 4.69) is 13.0 Å². The molecule has 15 heavy (non-hydrogen) atoms. The third-order valence-electron chi connectivity index (χ3n) is 2.46. The highest BCUT2D eigenvalue weighted by molar-refractivity contribution is 5.79. The summed E-state index contributed by atoms with van der Waals surface area (Å²) in [6.07, 6.45) is 2.29. The highest BCUT2D eigenvalue weighted by Gasteiger charge is 2.28. The summed E-state index contributed by atoms with van der Waals surface area (Å²) in [4.78, 5) is 13.2. The van der Waals surface area contributed by atoms with Crippen molar-refractivity contribution in [3.63, 3.8) is 0 Å². The molecule has 1 aliphatic heterocycles. The van der Waals surface area contributed by atoms with Crippen LogP contribution in [0.1, 0.15) is 26.2 Å². The van der Waals surface area contributed by atoms with Crippen LogP contribution in [0.2, 0.25) is 0 Å². The van der Waals surface area contributed by atoms with E-state index < -0.39 is 0 Å². The molecule has 1 rings (SSSR count). The van der Waals surface area contributed by atoms with E-state index in [0.717, 1.165) is 26.0 Å². The minimum absolute atomic E-state index is 0.103. The van der Waals surface area contributed by atoms with E-state index in [1.54, 1.807) is 4.90 Å². The normalized spacial score (nSPS) is 20.7. The van der Waals surface area contributed by atoms with Gasteiger partial charge in [-0.05, 0) is 12.8 Å². The highest BCUT2D eigenvalue weighted by atomic mass is 16.5. The van der Waals surface area contributed by atoms with Gasteiger partial charge in [-0.2, -0.15) is 5.26 Å². The van der Waals surface area contributed by atoms with Gasteiger partial charge in [-0.3, -0.25) is 4.79 Å². The molecule has 1 fully saturated rings. The third kappa shape index (κ3) is 3.88. The first-order valence-electron chi connectivity index (χ1n) is 5.53. The van der Waals surface area contributed by atoms with Gasteiger partial charge in [-0.1, -0.05) is 6.92 Å². The number of carbonyl (C=O) groups is 1. The number of nitrogens with zero attached hydrogens (tertiary/aromatic N) is 2. The summed E-state index contributed by atoms with van der Waals surface area (Å²) >= 11 is 0. The monoisotopic (exact) mass is 210 g/mol. The Labute approximate surface area is 90.8 Å². The second-order valence-corrected chi connectivity index (χ2v) is 3.84. The fourth-order valence-corrected chi connectivity index (χ4v) is 1.68. The number of nitriles is 1.